The molecule has 0 aromatic heterocycles. The number of rotatable bonds is 9. The van der Waals surface area contributed by atoms with Crippen LogP contribution in [0.1, 0.15) is 57.4 Å². The van der Waals surface area contributed by atoms with Gasteiger partial charge in [-0.15, -0.1) is 0 Å². The molecule has 0 saturated heterocycles. The molecule has 0 aliphatic carbocycles. The van der Waals surface area contributed by atoms with Crippen molar-refractivity contribution in [2.45, 2.75) is 71.8 Å². The van der Waals surface area contributed by atoms with Gasteiger partial charge in [-0.05, 0) is 70.4 Å². The molecule has 2 unspecified atom stereocenters. The summed E-state index contributed by atoms with van der Waals surface area (Å²) in [6, 6.07) is 11.1. The average molecular weight is 500 g/mol. The van der Waals surface area contributed by atoms with Gasteiger partial charge in [-0.3, -0.25) is 9.59 Å². The minimum atomic E-state index is -1.33. The van der Waals surface area contributed by atoms with Crippen molar-refractivity contribution in [1.82, 2.24) is 15.5 Å². The third kappa shape index (κ3) is 7.98. The molecular weight excluding hydrogens is 462 g/mol. The number of aryl methyl sites for hydroxylation is 1. The minimum Gasteiger partial charge on any atom is -0.508 e. The molecular formula is C27H37N3O6. The van der Waals surface area contributed by atoms with Crippen LogP contribution in [-0.4, -0.2) is 57.3 Å². The van der Waals surface area contributed by atoms with Crippen LogP contribution in [0, 0.1) is 6.92 Å². The van der Waals surface area contributed by atoms with Crippen molar-refractivity contribution in [3.63, 3.8) is 0 Å². The van der Waals surface area contributed by atoms with Crippen LogP contribution in [-0.2, 0) is 20.9 Å². The highest BCUT2D eigenvalue weighted by molar-refractivity contribution is 5.92. The van der Waals surface area contributed by atoms with Crippen LogP contribution in [0.3, 0.4) is 0 Å². The molecule has 0 fully saturated rings. The molecule has 0 saturated carbocycles. The van der Waals surface area contributed by atoms with E-state index in [1.807, 2.05) is 30.3 Å². The number of aliphatic hydroxyl groups is 1. The Bertz CT molecular complexity index is 1050. The number of aromatic hydroxyl groups is 1. The Hall–Kier alpha value is -3.59. The first kappa shape index (κ1) is 28.6. The summed E-state index contributed by atoms with van der Waals surface area (Å²) in [6.07, 6.45) is -0.857. The van der Waals surface area contributed by atoms with Crippen LogP contribution in [0.25, 0.3) is 0 Å². The number of amides is 3. The molecule has 4 N–H and O–H groups in total. The SMILES string of the molecule is Cc1cc(C(C(=O)NCc2ccccc2)N(C(=O)C(CO)NC(=O)OC(C)(C)C)C(C)C)ccc1O. The summed E-state index contributed by atoms with van der Waals surface area (Å²) in [4.78, 5) is 40.8. The van der Waals surface area contributed by atoms with Gasteiger partial charge in [-0.2, -0.15) is 0 Å². The van der Waals surface area contributed by atoms with Gasteiger partial charge in [0.15, 0.2) is 0 Å². The highest BCUT2D eigenvalue weighted by Gasteiger charge is 2.37. The van der Waals surface area contributed by atoms with Gasteiger partial charge in [0.2, 0.25) is 11.8 Å². The maximum absolute atomic E-state index is 13.6. The van der Waals surface area contributed by atoms with Gasteiger partial charge in [0.1, 0.15) is 23.4 Å². The third-order valence-electron chi connectivity index (χ3n) is 5.36. The lowest BCUT2D eigenvalue weighted by Gasteiger charge is -2.37. The Kier molecular flexibility index (Phi) is 9.86. The number of nitrogens with one attached hydrogen (secondary N) is 2. The van der Waals surface area contributed by atoms with Crippen molar-refractivity contribution in [3.05, 3.63) is 65.2 Å². The molecule has 3 amide bonds. The second-order valence-corrected chi connectivity index (χ2v) is 9.87. The maximum Gasteiger partial charge on any atom is 0.408 e. The van der Waals surface area contributed by atoms with Crippen LogP contribution in [0.4, 0.5) is 4.79 Å². The van der Waals surface area contributed by atoms with Crippen molar-refractivity contribution in [2.75, 3.05) is 6.61 Å². The standard InChI is InChI=1S/C27H37N3O6/c1-17(2)30(25(34)21(16-31)29-26(35)36-27(4,5)6)23(20-12-13-22(32)18(3)14-20)24(33)28-15-19-10-8-7-9-11-19/h7-14,17,21,23,31-32H,15-16H2,1-6H3,(H,28,33)(H,29,35). The van der Waals surface area contributed by atoms with Gasteiger partial charge in [0, 0.05) is 12.6 Å². The molecule has 9 heteroatoms. The van der Waals surface area contributed by atoms with Gasteiger partial charge in [0.05, 0.1) is 6.61 Å². The Morgan fingerprint density at radius 1 is 1.06 bits per heavy atom. The molecule has 36 heavy (non-hydrogen) atoms. The summed E-state index contributed by atoms with van der Waals surface area (Å²) >= 11 is 0. The molecule has 0 heterocycles. The number of carbonyl (C=O) groups is 3. The number of hydrogen-bond donors (Lipinski definition) is 4. The summed E-state index contributed by atoms with van der Waals surface area (Å²) in [6.45, 7) is 9.78. The van der Waals surface area contributed by atoms with Crippen LogP contribution in [0.2, 0.25) is 0 Å². The summed E-state index contributed by atoms with van der Waals surface area (Å²) in [5.41, 5.74) is 1.10. The van der Waals surface area contributed by atoms with E-state index in [4.69, 9.17) is 4.74 Å². The fourth-order valence-corrected chi connectivity index (χ4v) is 3.66. The molecule has 2 atom stereocenters. The molecule has 0 bridgehead atoms. The monoisotopic (exact) mass is 499 g/mol. The normalized spacial score (nSPS) is 13.0. The van der Waals surface area contributed by atoms with E-state index in [0.717, 1.165) is 5.56 Å². The zero-order valence-electron chi connectivity index (χ0n) is 21.7. The summed E-state index contributed by atoms with van der Waals surface area (Å²) in [5.74, 6) is -1.03. The minimum absolute atomic E-state index is 0.0597. The second-order valence-electron chi connectivity index (χ2n) is 9.87. The lowest BCUT2D eigenvalue weighted by Crippen LogP contribution is -2.56. The van der Waals surface area contributed by atoms with Crippen molar-refractivity contribution in [2.24, 2.45) is 0 Å². The molecule has 0 radical (unpaired) electrons. The van der Waals surface area contributed by atoms with Crippen LogP contribution >= 0.6 is 0 Å². The third-order valence-corrected chi connectivity index (χ3v) is 5.36. The number of ether oxygens (including phenoxy) is 1. The van der Waals surface area contributed by atoms with Crippen LogP contribution in [0.5, 0.6) is 5.75 Å². The van der Waals surface area contributed by atoms with E-state index in [1.165, 1.54) is 11.0 Å². The number of hydrogen-bond acceptors (Lipinski definition) is 6. The average Bonchev–Trinajstić information content (AvgIpc) is 2.80. The first-order valence-corrected chi connectivity index (χ1v) is 11.9. The van der Waals surface area contributed by atoms with E-state index in [1.54, 1.807) is 53.7 Å². The highest BCUT2D eigenvalue weighted by Crippen LogP contribution is 2.28. The van der Waals surface area contributed by atoms with Gasteiger partial charge >= 0.3 is 6.09 Å². The second kappa shape index (κ2) is 12.4. The van der Waals surface area contributed by atoms with Gasteiger partial charge in [-0.25, -0.2) is 4.79 Å². The fraction of sp³-hybridized carbons (Fsp3) is 0.444. The lowest BCUT2D eigenvalue weighted by molar-refractivity contribution is -0.145. The van der Waals surface area contributed by atoms with E-state index < -0.39 is 48.2 Å². The fourth-order valence-electron chi connectivity index (χ4n) is 3.66. The number of phenolic OH excluding ortho intramolecular Hbond substituents is 1. The predicted molar refractivity (Wildman–Crippen MR) is 136 cm³/mol. The van der Waals surface area contributed by atoms with Crippen molar-refractivity contribution >= 4 is 17.9 Å². The van der Waals surface area contributed by atoms with Gasteiger partial charge in [-0.1, -0.05) is 36.4 Å². The van der Waals surface area contributed by atoms with Gasteiger partial charge in [0.25, 0.3) is 0 Å². The van der Waals surface area contributed by atoms with E-state index in [-0.39, 0.29) is 12.3 Å². The largest absolute Gasteiger partial charge is 0.508 e. The smallest absolute Gasteiger partial charge is 0.408 e. The number of benzene rings is 2. The Balaban J connectivity index is 2.42. The molecule has 0 aliphatic rings. The Labute approximate surface area is 212 Å². The van der Waals surface area contributed by atoms with Crippen LogP contribution < -0.4 is 10.6 Å². The lowest BCUT2D eigenvalue weighted by atomic mass is 9.99. The summed E-state index contributed by atoms with van der Waals surface area (Å²) < 4.78 is 5.23. The van der Waals surface area contributed by atoms with E-state index in [2.05, 4.69) is 10.6 Å². The van der Waals surface area contributed by atoms with Crippen molar-refractivity contribution < 1.29 is 29.3 Å². The van der Waals surface area contributed by atoms with E-state index >= 15 is 0 Å². The van der Waals surface area contributed by atoms with E-state index in [0.29, 0.717) is 11.1 Å². The molecule has 196 valence electrons. The number of nitrogens with zero attached hydrogens (tertiary/aromatic N) is 1. The summed E-state index contributed by atoms with van der Waals surface area (Å²) in [7, 11) is 0. The predicted octanol–water partition coefficient (Wildman–Crippen LogP) is 3.18. The van der Waals surface area contributed by atoms with Gasteiger partial charge < -0.3 is 30.5 Å². The first-order chi connectivity index (χ1) is 16.8. The zero-order valence-corrected chi connectivity index (χ0v) is 21.7. The number of alkyl carbamates (subject to hydrolysis) is 1. The molecule has 9 nitrogen and oxygen atoms in total. The van der Waals surface area contributed by atoms with Crippen LogP contribution in [0.15, 0.2) is 48.5 Å². The maximum atomic E-state index is 13.6. The highest BCUT2D eigenvalue weighted by atomic mass is 16.6. The first-order valence-electron chi connectivity index (χ1n) is 11.9. The van der Waals surface area contributed by atoms with Crippen molar-refractivity contribution in [1.29, 1.82) is 0 Å². The quantitative estimate of drug-likeness (QED) is 0.420. The topological polar surface area (TPSA) is 128 Å². The van der Waals surface area contributed by atoms with E-state index in [9.17, 15) is 24.6 Å². The van der Waals surface area contributed by atoms with Crippen molar-refractivity contribution in [3.8, 4) is 5.75 Å². The molecule has 2 aromatic carbocycles. The summed E-state index contributed by atoms with van der Waals surface area (Å²) in [5, 5.41) is 25.3. The number of carbonyl (C=O) groups excluding carboxylic acids is 3. The number of phenols is 1. The Morgan fingerprint density at radius 2 is 1.69 bits per heavy atom. The molecule has 0 aliphatic heterocycles. The number of aliphatic hydroxyl groups excluding tert-OH is 1. The molecule has 0 spiro atoms. The Morgan fingerprint density at radius 3 is 2.22 bits per heavy atom. The molecule has 2 aromatic rings. The zero-order chi connectivity index (χ0) is 27.0. The molecule has 2 rings (SSSR count).